The largest absolute Gasteiger partial charge is 0.497 e. The summed E-state index contributed by atoms with van der Waals surface area (Å²) >= 11 is 3.49. The van der Waals surface area contributed by atoms with Crippen LogP contribution in [-0.2, 0) is 13.6 Å². The van der Waals surface area contributed by atoms with Crippen LogP contribution in [0.5, 0.6) is 5.75 Å². The molecule has 0 saturated heterocycles. The summed E-state index contributed by atoms with van der Waals surface area (Å²) in [7, 11) is 3.57. The highest BCUT2D eigenvalue weighted by molar-refractivity contribution is 9.10. The highest BCUT2D eigenvalue weighted by Crippen LogP contribution is 2.27. The van der Waals surface area contributed by atoms with Gasteiger partial charge in [-0.05, 0) is 34.1 Å². The minimum absolute atomic E-state index is 0.687. The number of aryl methyl sites for hydroxylation is 1. The van der Waals surface area contributed by atoms with Gasteiger partial charge in [-0.2, -0.15) is 5.10 Å². The number of hydrogen-bond donors (Lipinski definition) is 1. The molecule has 0 bridgehead atoms. The fraction of sp³-hybridized carbons (Fsp3) is 0.250. The molecule has 2 rings (SSSR count). The first kappa shape index (κ1) is 12.0. The van der Waals surface area contributed by atoms with Crippen LogP contribution < -0.4 is 10.1 Å². The number of halogens is 1. The summed E-state index contributed by atoms with van der Waals surface area (Å²) in [6.07, 6.45) is 1.93. The Morgan fingerprint density at radius 2 is 2.24 bits per heavy atom. The third kappa shape index (κ3) is 3.00. The van der Waals surface area contributed by atoms with Crippen LogP contribution in [0.2, 0.25) is 0 Å². The van der Waals surface area contributed by atoms with Crippen molar-refractivity contribution in [2.75, 3.05) is 12.4 Å². The minimum Gasteiger partial charge on any atom is -0.497 e. The van der Waals surface area contributed by atoms with E-state index in [0.717, 1.165) is 21.6 Å². The molecular weight excluding hydrogens is 282 g/mol. The number of aromatic nitrogens is 2. The maximum Gasteiger partial charge on any atom is 0.121 e. The molecule has 0 aliphatic rings. The second-order valence-corrected chi connectivity index (χ2v) is 4.53. The van der Waals surface area contributed by atoms with Gasteiger partial charge in [0.05, 0.1) is 25.0 Å². The first-order valence-corrected chi connectivity index (χ1v) is 6.04. The molecule has 0 atom stereocenters. The zero-order chi connectivity index (χ0) is 12.3. The number of nitrogens with one attached hydrogen (secondary N) is 1. The average molecular weight is 296 g/mol. The number of rotatable bonds is 4. The van der Waals surface area contributed by atoms with Crippen LogP contribution in [0.4, 0.5) is 5.69 Å². The molecule has 5 heteroatoms. The fourth-order valence-electron chi connectivity index (χ4n) is 1.51. The smallest absolute Gasteiger partial charge is 0.121 e. The zero-order valence-electron chi connectivity index (χ0n) is 9.77. The van der Waals surface area contributed by atoms with E-state index in [0.29, 0.717) is 6.54 Å². The minimum atomic E-state index is 0.687. The molecule has 0 fully saturated rings. The molecule has 4 nitrogen and oxygen atoms in total. The molecule has 0 spiro atoms. The number of benzene rings is 1. The Morgan fingerprint density at radius 3 is 2.88 bits per heavy atom. The molecule has 1 aromatic heterocycles. The Hall–Kier alpha value is -1.49. The van der Waals surface area contributed by atoms with Gasteiger partial charge in [-0.1, -0.05) is 0 Å². The first-order chi connectivity index (χ1) is 8.19. The van der Waals surface area contributed by atoms with E-state index < -0.39 is 0 Å². The van der Waals surface area contributed by atoms with Crippen LogP contribution in [-0.4, -0.2) is 16.9 Å². The molecule has 0 amide bonds. The van der Waals surface area contributed by atoms with E-state index in [1.54, 1.807) is 11.8 Å². The molecule has 0 aliphatic heterocycles. The summed E-state index contributed by atoms with van der Waals surface area (Å²) in [6.45, 7) is 0.687. The monoisotopic (exact) mass is 295 g/mol. The third-order valence-electron chi connectivity index (χ3n) is 2.40. The molecule has 1 aromatic carbocycles. The Bertz CT molecular complexity index is 510. The Labute approximate surface area is 109 Å². The number of anilines is 1. The van der Waals surface area contributed by atoms with Gasteiger partial charge in [0.25, 0.3) is 0 Å². The van der Waals surface area contributed by atoms with Crippen LogP contribution in [0.1, 0.15) is 5.69 Å². The summed E-state index contributed by atoms with van der Waals surface area (Å²) in [6, 6.07) is 7.81. The molecule has 0 unspecified atom stereocenters. The lowest BCUT2D eigenvalue weighted by Gasteiger charge is -2.09. The van der Waals surface area contributed by atoms with Gasteiger partial charge in [0.15, 0.2) is 0 Å². The number of methoxy groups -OCH3 is 1. The highest BCUT2D eigenvalue weighted by atomic mass is 79.9. The quantitative estimate of drug-likeness (QED) is 0.943. The van der Waals surface area contributed by atoms with E-state index in [1.165, 1.54) is 0 Å². The van der Waals surface area contributed by atoms with Gasteiger partial charge in [0.2, 0.25) is 0 Å². The molecule has 17 heavy (non-hydrogen) atoms. The van der Waals surface area contributed by atoms with Crippen molar-refractivity contribution in [3.8, 4) is 5.75 Å². The van der Waals surface area contributed by atoms with Gasteiger partial charge in [0.1, 0.15) is 5.75 Å². The summed E-state index contributed by atoms with van der Waals surface area (Å²) in [5.74, 6) is 0.830. The molecule has 90 valence electrons. The van der Waals surface area contributed by atoms with Gasteiger partial charge >= 0.3 is 0 Å². The van der Waals surface area contributed by atoms with Crippen molar-refractivity contribution in [2.24, 2.45) is 7.05 Å². The lowest BCUT2D eigenvalue weighted by Crippen LogP contribution is -2.02. The lowest BCUT2D eigenvalue weighted by atomic mass is 10.3. The summed E-state index contributed by atoms with van der Waals surface area (Å²) in [4.78, 5) is 0. The maximum atomic E-state index is 5.19. The van der Waals surface area contributed by atoms with Crippen molar-refractivity contribution in [2.45, 2.75) is 6.54 Å². The highest BCUT2D eigenvalue weighted by Gasteiger charge is 2.03. The van der Waals surface area contributed by atoms with E-state index in [1.807, 2.05) is 37.5 Å². The third-order valence-corrected chi connectivity index (χ3v) is 3.09. The lowest BCUT2D eigenvalue weighted by molar-refractivity contribution is 0.415. The number of ether oxygens (including phenoxy) is 1. The topological polar surface area (TPSA) is 39.1 Å². The van der Waals surface area contributed by atoms with Gasteiger partial charge in [0, 0.05) is 23.8 Å². The molecule has 1 heterocycles. The Balaban J connectivity index is 2.07. The van der Waals surface area contributed by atoms with Crippen LogP contribution >= 0.6 is 15.9 Å². The van der Waals surface area contributed by atoms with Crippen LogP contribution in [0.3, 0.4) is 0 Å². The van der Waals surface area contributed by atoms with Gasteiger partial charge in [-0.15, -0.1) is 0 Å². The molecule has 0 radical (unpaired) electrons. The second kappa shape index (κ2) is 5.23. The molecule has 0 saturated carbocycles. The van der Waals surface area contributed by atoms with E-state index >= 15 is 0 Å². The van der Waals surface area contributed by atoms with E-state index in [9.17, 15) is 0 Å². The van der Waals surface area contributed by atoms with Crippen molar-refractivity contribution in [1.82, 2.24) is 9.78 Å². The van der Waals surface area contributed by atoms with Gasteiger partial charge in [-0.3, -0.25) is 4.68 Å². The van der Waals surface area contributed by atoms with Crippen LogP contribution in [0.15, 0.2) is 34.9 Å². The fourth-order valence-corrected chi connectivity index (χ4v) is 1.90. The second-order valence-electron chi connectivity index (χ2n) is 3.68. The molecular formula is C12H14BrN3O. The number of nitrogens with zero attached hydrogens (tertiary/aromatic N) is 2. The Kier molecular flexibility index (Phi) is 3.68. The SMILES string of the molecule is COc1ccc(Br)c(NCc2ccn(C)n2)c1. The van der Waals surface area contributed by atoms with Crippen molar-refractivity contribution in [3.05, 3.63) is 40.6 Å². The van der Waals surface area contributed by atoms with Crippen molar-refractivity contribution in [1.29, 1.82) is 0 Å². The normalized spacial score (nSPS) is 10.3. The van der Waals surface area contributed by atoms with Crippen molar-refractivity contribution >= 4 is 21.6 Å². The molecule has 2 aromatic rings. The summed E-state index contributed by atoms with van der Waals surface area (Å²) in [5.41, 5.74) is 2.00. The predicted molar refractivity (Wildman–Crippen MR) is 71.2 cm³/mol. The summed E-state index contributed by atoms with van der Waals surface area (Å²) < 4.78 is 7.98. The van der Waals surface area contributed by atoms with Crippen LogP contribution in [0, 0.1) is 0 Å². The summed E-state index contributed by atoms with van der Waals surface area (Å²) in [5, 5.41) is 7.62. The molecule has 0 aliphatic carbocycles. The van der Waals surface area contributed by atoms with Gasteiger partial charge < -0.3 is 10.1 Å². The first-order valence-electron chi connectivity index (χ1n) is 5.25. The zero-order valence-corrected chi connectivity index (χ0v) is 11.4. The predicted octanol–water partition coefficient (Wildman–Crippen LogP) is 2.80. The maximum absolute atomic E-state index is 5.19. The van der Waals surface area contributed by atoms with Crippen LogP contribution in [0.25, 0.3) is 0 Å². The van der Waals surface area contributed by atoms with E-state index in [-0.39, 0.29) is 0 Å². The standard InChI is InChI=1S/C12H14BrN3O/c1-16-6-5-9(15-16)8-14-12-7-10(17-2)3-4-11(12)13/h3-7,14H,8H2,1-2H3. The Morgan fingerprint density at radius 1 is 1.41 bits per heavy atom. The van der Waals surface area contributed by atoms with E-state index in [2.05, 4.69) is 26.3 Å². The van der Waals surface area contributed by atoms with Gasteiger partial charge in [-0.25, -0.2) is 0 Å². The number of hydrogen-bond acceptors (Lipinski definition) is 3. The van der Waals surface area contributed by atoms with E-state index in [4.69, 9.17) is 4.74 Å². The van der Waals surface area contributed by atoms with Crippen molar-refractivity contribution in [3.63, 3.8) is 0 Å². The van der Waals surface area contributed by atoms with Crippen molar-refractivity contribution < 1.29 is 4.74 Å². The molecule has 1 N–H and O–H groups in total. The average Bonchev–Trinajstić information content (AvgIpc) is 2.74.